The van der Waals surface area contributed by atoms with E-state index in [9.17, 15) is 4.79 Å². The first-order chi connectivity index (χ1) is 15.8. The summed E-state index contributed by atoms with van der Waals surface area (Å²) >= 11 is 0. The minimum atomic E-state index is -0.380. The maximum atomic E-state index is 12.3. The maximum Gasteiger partial charge on any atom is 0.407 e. The molecule has 4 heteroatoms. The number of carbonyl (C=O) groups is 1. The van der Waals surface area contributed by atoms with Crippen molar-refractivity contribution in [2.75, 3.05) is 13.2 Å². The summed E-state index contributed by atoms with van der Waals surface area (Å²) in [4.78, 5) is 16.6. The van der Waals surface area contributed by atoms with Gasteiger partial charge in [-0.2, -0.15) is 0 Å². The lowest BCUT2D eigenvalue weighted by Gasteiger charge is -2.14. The highest BCUT2D eigenvalue weighted by Crippen LogP contribution is 2.44. The van der Waals surface area contributed by atoms with Crippen LogP contribution in [0.25, 0.3) is 28.1 Å². The van der Waals surface area contributed by atoms with Gasteiger partial charge in [-0.05, 0) is 46.4 Å². The monoisotopic (exact) mass is 420 g/mol. The fourth-order valence-corrected chi connectivity index (χ4v) is 4.39. The van der Waals surface area contributed by atoms with Crippen LogP contribution in [0.2, 0.25) is 0 Å². The minimum Gasteiger partial charge on any atom is -0.449 e. The van der Waals surface area contributed by atoms with E-state index in [0.29, 0.717) is 13.2 Å². The van der Waals surface area contributed by atoms with Crippen LogP contribution in [0.15, 0.2) is 91.1 Å². The van der Waals surface area contributed by atoms with E-state index in [1.54, 1.807) is 6.20 Å². The van der Waals surface area contributed by atoms with Gasteiger partial charge in [-0.3, -0.25) is 4.98 Å². The second-order valence-electron chi connectivity index (χ2n) is 7.86. The van der Waals surface area contributed by atoms with E-state index in [1.807, 2.05) is 42.5 Å². The Balaban J connectivity index is 1.14. The lowest BCUT2D eigenvalue weighted by molar-refractivity contribution is 0.143. The zero-order chi connectivity index (χ0) is 21.8. The summed E-state index contributed by atoms with van der Waals surface area (Å²) in [6, 6.07) is 26.8. The highest BCUT2D eigenvalue weighted by Gasteiger charge is 2.28. The maximum absolute atomic E-state index is 12.3. The van der Waals surface area contributed by atoms with Crippen LogP contribution >= 0.6 is 0 Å². The largest absolute Gasteiger partial charge is 0.449 e. The Hall–Kier alpha value is -3.92. The summed E-state index contributed by atoms with van der Waals surface area (Å²) in [6.07, 6.45) is 6.28. The number of rotatable bonds is 6. The van der Waals surface area contributed by atoms with Crippen molar-refractivity contribution in [1.29, 1.82) is 0 Å². The SMILES string of the molecule is O=C(NCCC=Cc1cccc2ncccc12)OCC1c2ccccc2-c2ccccc21. The van der Waals surface area contributed by atoms with Gasteiger partial charge in [-0.1, -0.05) is 78.9 Å². The molecule has 0 aliphatic heterocycles. The number of alkyl carbamates (subject to hydrolysis) is 1. The normalized spacial score (nSPS) is 12.6. The number of ether oxygens (including phenoxy) is 1. The molecule has 0 saturated heterocycles. The fraction of sp³-hybridized carbons (Fsp3) is 0.143. The molecule has 1 aromatic heterocycles. The van der Waals surface area contributed by atoms with Gasteiger partial charge in [0.2, 0.25) is 0 Å². The molecule has 5 rings (SSSR count). The van der Waals surface area contributed by atoms with Crippen LogP contribution in [0.5, 0.6) is 0 Å². The van der Waals surface area contributed by atoms with Crippen LogP contribution in [-0.4, -0.2) is 24.2 Å². The van der Waals surface area contributed by atoms with Gasteiger partial charge in [-0.15, -0.1) is 0 Å². The molecule has 0 unspecified atom stereocenters. The topological polar surface area (TPSA) is 51.2 Å². The Morgan fingerprint density at radius 2 is 1.66 bits per heavy atom. The van der Waals surface area contributed by atoms with Crippen LogP contribution in [0.4, 0.5) is 4.79 Å². The molecule has 158 valence electrons. The lowest BCUT2D eigenvalue weighted by atomic mass is 9.98. The Morgan fingerprint density at radius 1 is 0.906 bits per heavy atom. The number of pyridine rings is 1. The van der Waals surface area contributed by atoms with Crippen molar-refractivity contribution in [3.8, 4) is 11.1 Å². The van der Waals surface area contributed by atoms with Crippen molar-refractivity contribution >= 4 is 23.1 Å². The first-order valence-corrected chi connectivity index (χ1v) is 10.9. The van der Waals surface area contributed by atoms with Gasteiger partial charge < -0.3 is 10.1 Å². The molecule has 3 aromatic carbocycles. The van der Waals surface area contributed by atoms with Crippen molar-refractivity contribution in [3.05, 3.63) is 108 Å². The van der Waals surface area contributed by atoms with Gasteiger partial charge in [-0.25, -0.2) is 4.79 Å². The van der Waals surface area contributed by atoms with Gasteiger partial charge >= 0.3 is 6.09 Å². The molecule has 0 spiro atoms. The number of aromatic nitrogens is 1. The summed E-state index contributed by atoms with van der Waals surface area (Å²) in [7, 11) is 0. The average molecular weight is 421 g/mol. The molecule has 4 aromatic rings. The molecule has 0 radical (unpaired) electrons. The molecular weight excluding hydrogens is 396 g/mol. The predicted molar refractivity (Wildman–Crippen MR) is 128 cm³/mol. The molecule has 4 nitrogen and oxygen atoms in total. The third-order valence-corrected chi connectivity index (χ3v) is 5.90. The van der Waals surface area contributed by atoms with Crippen molar-refractivity contribution in [3.63, 3.8) is 0 Å². The number of amides is 1. The van der Waals surface area contributed by atoms with Gasteiger partial charge in [0.05, 0.1) is 5.52 Å². The quantitative estimate of drug-likeness (QED) is 0.379. The Labute approximate surface area is 187 Å². The van der Waals surface area contributed by atoms with E-state index >= 15 is 0 Å². The fourth-order valence-electron chi connectivity index (χ4n) is 4.39. The summed E-state index contributed by atoms with van der Waals surface area (Å²) in [5.74, 6) is 0.0769. The Morgan fingerprint density at radius 3 is 2.44 bits per heavy atom. The average Bonchev–Trinajstić information content (AvgIpc) is 3.16. The highest BCUT2D eigenvalue weighted by atomic mass is 16.5. The number of fused-ring (bicyclic) bond motifs is 4. The van der Waals surface area contributed by atoms with E-state index in [4.69, 9.17) is 4.74 Å². The number of hydrogen-bond acceptors (Lipinski definition) is 3. The van der Waals surface area contributed by atoms with Crippen LogP contribution in [0.3, 0.4) is 0 Å². The molecule has 1 heterocycles. The van der Waals surface area contributed by atoms with Crippen LogP contribution in [-0.2, 0) is 4.74 Å². The van der Waals surface area contributed by atoms with E-state index < -0.39 is 0 Å². The van der Waals surface area contributed by atoms with Crippen molar-refractivity contribution in [1.82, 2.24) is 10.3 Å². The Bertz CT molecular complexity index is 1240. The van der Waals surface area contributed by atoms with E-state index in [2.05, 4.69) is 58.9 Å². The molecule has 1 N–H and O–H groups in total. The molecule has 32 heavy (non-hydrogen) atoms. The van der Waals surface area contributed by atoms with Gasteiger partial charge in [0.15, 0.2) is 0 Å². The molecule has 1 aliphatic carbocycles. The van der Waals surface area contributed by atoms with Gasteiger partial charge in [0.25, 0.3) is 0 Å². The molecule has 1 amide bonds. The second-order valence-corrected chi connectivity index (χ2v) is 7.86. The molecule has 0 saturated carbocycles. The number of carbonyl (C=O) groups excluding carboxylic acids is 1. The molecule has 0 fully saturated rings. The summed E-state index contributed by atoms with van der Waals surface area (Å²) < 4.78 is 5.58. The number of nitrogens with zero attached hydrogens (tertiary/aromatic N) is 1. The molecule has 0 atom stereocenters. The van der Waals surface area contributed by atoms with Crippen molar-refractivity contribution in [2.45, 2.75) is 12.3 Å². The second kappa shape index (κ2) is 9.06. The standard InChI is InChI=1S/C28H24N2O2/c31-28(30-17-6-5-9-20-10-7-16-27-21(20)15-8-18-29-27)32-19-26-24-13-3-1-11-22(24)23-12-2-4-14-25(23)26/h1-5,7-16,18,26H,6,17,19H2,(H,30,31). The molecular formula is C28H24N2O2. The third-order valence-electron chi connectivity index (χ3n) is 5.90. The number of nitrogens with one attached hydrogen (secondary N) is 1. The molecule has 0 bridgehead atoms. The smallest absolute Gasteiger partial charge is 0.407 e. The summed E-state index contributed by atoms with van der Waals surface area (Å²) in [5, 5.41) is 3.97. The van der Waals surface area contributed by atoms with E-state index in [-0.39, 0.29) is 12.0 Å². The van der Waals surface area contributed by atoms with Crippen molar-refractivity contribution < 1.29 is 9.53 Å². The molecule has 1 aliphatic rings. The number of benzene rings is 3. The zero-order valence-corrected chi connectivity index (χ0v) is 17.7. The predicted octanol–water partition coefficient (Wildman–Crippen LogP) is 6.18. The third kappa shape index (κ3) is 4.00. The van der Waals surface area contributed by atoms with Crippen LogP contribution in [0.1, 0.15) is 29.0 Å². The number of hydrogen-bond donors (Lipinski definition) is 1. The minimum absolute atomic E-state index is 0.0769. The summed E-state index contributed by atoms with van der Waals surface area (Å²) in [5.41, 5.74) is 6.99. The van der Waals surface area contributed by atoms with Crippen LogP contribution in [0, 0.1) is 0 Å². The lowest BCUT2D eigenvalue weighted by Crippen LogP contribution is -2.26. The Kier molecular flexibility index (Phi) is 5.67. The highest BCUT2D eigenvalue weighted by molar-refractivity contribution is 5.87. The van der Waals surface area contributed by atoms with Crippen molar-refractivity contribution in [2.24, 2.45) is 0 Å². The first kappa shape index (κ1) is 20.0. The summed E-state index contributed by atoms with van der Waals surface area (Å²) in [6.45, 7) is 0.856. The van der Waals surface area contributed by atoms with Crippen LogP contribution < -0.4 is 5.32 Å². The van der Waals surface area contributed by atoms with E-state index in [1.165, 1.54) is 22.3 Å². The van der Waals surface area contributed by atoms with Gasteiger partial charge in [0, 0.05) is 24.0 Å². The van der Waals surface area contributed by atoms with Gasteiger partial charge in [0.1, 0.15) is 6.61 Å². The van der Waals surface area contributed by atoms with E-state index in [0.717, 1.165) is 22.9 Å². The zero-order valence-electron chi connectivity index (χ0n) is 17.7. The first-order valence-electron chi connectivity index (χ1n) is 10.9.